The van der Waals surface area contributed by atoms with E-state index in [-0.39, 0.29) is 10.7 Å². The van der Waals surface area contributed by atoms with Crippen LogP contribution in [0.2, 0.25) is 5.02 Å². The number of alkyl halides is 3. The van der Waals surface area contributed by atoms with Gasteiger partial charge >= 0.3 is 6.18 Å². The van der Waals surface area contributed by atoms with E-state index in [0.29, 0.717) is 5.82 Å². The van der Waals surface area contributed by atoms with Crippen LogP contribution in [0.3, 0.4) is 0 Å². The van der Waals surface area contributed by atoms with Crippen LogP contribution < -0.4 is 5.32 Å². The van der Waals surface area contributed by atoms with Gasteiger partial charge < -0.3 is 5.32 Å². The number of aryl methyl sites for hydroxylation is 2. The number of rotatable bonds is 5. The lowest BCUT2D eigenvalue weighted by molar-refractivity contribution is -0.137. The first-order valence-corrected chi connectivity index (χ1v) is 9.68. The van der Waals surface area contributed by atoms with E-state index in [2.05, 4.69) is 15.3 Å². The average molecular weight is 428 g/mol. The molecule has 0 unspecified atom stereocenters. The van der Waals surface area contributed by atoms with Gasteiger partial charge in [-0.25, -0.2) is 4.98 Å². The molecular weight excluding hydrogens is 411 g/mol. The van der Waals surface area contributed by atoms with Gasteiger partial charge in [-0.1, -0.05) is 41.9 Å². The number of anilines is 2. The molecule has 7 heteroatoms. The van der Waals surface area contributed by atoms with Crippen molar-refractivity contribution < 1.29 is 13.2 Å². The highest BCUT2D eigenvalue weighted by Crippen LogP contribution is 2.35. The number of hydrogen-bond acceptors (Lipinski definition) is 3. The standard InChI is InChI=1S/C23H17ClF3N3/c24-18-10-17(23(25,26)27)11-19(12-18)30-22-21-6-2-1-5-20(21)16(14-29-22)8-7-15-4-3-9-28-13-15/h1-6,9-14H,7-8H2,(H,29,30). The minimum Gasteiger partial charge on any atom is -0.340 e. The van der Waals surface area contributed by atoms with E-state index in [1.165, 1.54) is 6.07 Å². The van der Waals surface area contributed by atoms with Crippen LogP contribution in [0.4, 0.5) is 24.7 Å². The van der Waals surface area contributed by atoms with Gasteiger partial charge in [-0.3, -0.25) is 4.98 Å². The highest BCUT2D eigenvalue weighted by molar-refractivity contribution is 6.31. The molecule has 0 aliphatic rings. The number of nitrogens with one attached hydrogen (secondary N) is 1. The molecule has 0 spiro atoms. The van der Waals surface area contributed by atoms with Crippen molar-refractivity contribution in [3.8, 4) is 0 Å². The van der Waals surface area contributed by atoms with Gasteiger partial charge in [0.05, 0.1) is 5.56 Å². The SMILES string of the molecule is FC(F)(F)c1cc(Cl)cc(Nc2ncc(CCc3cccnc3)c3ccccc23)c1. The second kappa shape index (κ2) is 8.32. The number of aromatic nitrogens is 2. The minimum absolute atomic E-state index is 0.00437. The molecule has 2 aromatic heterocycles. The summed E-state index contributed by atoms with van der Waals surface area (Å²) in [6.07, 6.45) is 2.44. The fourth-order valence-corrected chi connectivity index (χ4v) is 3.57. The summed E-state index contributed by atoms with van der Waals surface area (Å²) < 4.78 is 39.3. The van der Waals surface area contributed by atoms with Crippen LogP contribution in [0.15, 0.2) is 73.2 Å². The third kappa shape index (κ3) is 4.54. The Morgan fingerprint density at radius 2 is 1.70 bits per heavy atom. The molecule has 30 heavy (non-hydrogen) atoms. The predicted octanol–water partition coefficient (Wildman–Crippen LogP) is 6.83. The summed E-state index contributed by atoms with van der Waals surface area (Å²) in [4.78, 5) is 8.62. The number of fused-ring (bicyclic) bond motifs is 1. The molecule has 0 saturated heterocycles. The maximum absolute atomic E-state index is 13.1. The third-order valence-corrected chi connectivity index (χ3v) is 4.99. The van der Waals surface area contributed by atoms with E-state index < -0.39 is 11.7 Å². The van der Waals surface area contributed by atoms with E-state index in [9.17, 15) is 13.2 Å². The van der Waals surface area contributed by atoms with E-state index in [4.69, 9.17) is 11.6 Å². The van der Waals surface area contributed by atoms with Crippen molar-refractivity contribution in [2.45, 2.75) is 19.0 Å². The van der Waals surface area contributed by atoms with Crippen LogP contribution in [-0.2, 0) is 19.0 Å². The van der Waals surface area contributed by atoms with Crippen molar-refractivity contribution in [3.63, 3.8) is 0 Å². The Hall–Kier alpha value is -3.12. The molecule has 1 N–H and O–H groups in total. The molecule has 0 radical (unpaired) electrons. The lowest BCUT2D eigenvalue weighted by Crippen LogP contribution is -2.06. The maximum atomic E-state index is 13.1. The zero-order valence-electron chi connectivity index (χ0n) is 15.7. The molecule has 2 heterocycles. The fraction of sp³-hybridized carbons (Fsp3) is 0.130. The van der Waals surface area contributed by atoms with Crippen LogP contribution in [-0.4, -0.2) is 9.97 Å². The second-order valence-electron chi connectivity index (χ2n) is 6.89. The van der Waals surface area contributed by atoms with Crippen molar-refractivity contribution in [1.29, 1.82) is 0 Å². The summed E-state index contributed by atoms with van der Waals surface area (Å²) in [6, 6.07) is 15.0. The highest BCUT2D eigenvalue weighted by atomic mass is 35.5. The van der Waals surface area contributed by atoms with E-state index in [0.717, 1.165) is 46.9 Å². The molecule has 0 bridgehead atoms. The van der Waals surface area contributed by atoms with Gasteiger partial charge in [-0.05, 0) is 53.6 Å². The normalized spacial score (nSPS) is 11.6. The van der Waals surface area contributed by atoms with Gasteiger partial charge in [-0.15, -0.1) is 0 Å². The third-order valence-electron chi connectivity index (χ3n) is 4.77. The zero-order valence-corrected chi connectivity index (χ0v) is 16.5. The smallest absolute Gasteiger partial charge is 0.340 e. The Bertz CT molecular complexity index is 1180. The van der Waals surface area contributed by atoms with Crippen molar-refractivity contribution >= 4 is 33.9 Å². The molecule has 0 fully saturated rings. The maximum Gasteiger partial charge on any atom is 0.416 e. The predicted molar refractivity (Wildman–Crippen MR) is 113 cm³/mol. The molecule has 2 aromatic carbocycles. The number of hydrogen-bond donors (Lipinski definition) is 1. The summed E-state index contributed by atoms with van der Waals surface area (Å²) in [5.41, 5.74) is 1.61. The molecule has 152 valence electrons. The lowest BCUT2D eigenvalue weighted by atomic mass is 10.0. The summed E-state index contributed by atoms with van der Waals surface area (Å²) in [6.45, 7) is 0. The second-order valence-corrected chi connectivity index (χ2v) is 7.33. The van der Waals surface area contributed by atoms with Crippen LogP contribution in [0, 0.1) is 0 Å². The van der Waals surface area contributed by atoms with Gasteiger partial charge in [0, 0.05) is 34.7 Å². The average Bonchev–Trinajstić information content (AvgIpc) is 2.73. The Morgan fingerprint density at radius 3 is 2.43 bits per heavy atom. The van der Waals surface area contributed by atoms with Gasteiger partial charge in [0.2, 0.25) is 0 Å². The lowest BCUT2D eigenvalue weighted by Gasteiger charge is -2.14. The van der Waals surface area contributed by atoms with Crippen LogP contribution in [0.1, 0.15) is 16.7 Å². The van der Waals surface area contributed by atoms with Gasteiger partial charge in [0.1, 0.15) is 5.82 Å². The molecule has 0 amide bonds. The summed E-state index contributed by atoms with van der Waals surface area (Å²) >= 11 is 5.90. The first-order valence-electron chi connectivity index (χ1n) is 9.30. The molecule has 3 nitrogen and oxygen atoms in total. The summed E-state index contributed by atoms with van der Waals surface area (Å²) in [7, 11) is 0. The number of halogens is 4. The van der Waals surface area contributed by atoms with Crippen LogP contribution in [0.25, 0.3) is 10.8 Å². The summed E-state index contributed by atoms with van der Waals surface area (Å²) in [5, 5.41) is 4.83. The number of benzene rings is 2. The van der Waals surface area contributed by atoms with E-state index >= 15 is 0 Å². The fourth-order valence-electron chi connectivity index (χ4n) is 3.34. The Morgan fingerprint density at radius 1 is 0.900 bits per heavy atom. The van der Waals surface area contributed by atoms with Crippen molar-refractivity contribution in [3.05, 3.63) is 94.9 Å². The van der Waals surface area contributed by atoms with E-state index in [1.807, 2.05) is 42.6 Å². The molecule has 0 saturated carbocycles. The van der Waals surface area contributed by atoms with Gasteiger partial charge in [-0.2, -0.15) is 13.2 Å². The first kappa shape index (κ1) is 20.2. The quantitative estimate of drug-likeness (QED) is 0.379. The molecule has 0 atom stereocenters. The minimum atomic E-state index is -4.48. The molecular formula is C23H17ClF3N3. The Kier molecular flexibility index (Phi) is 5.59. The number of pyridine rings is 2. The Balaban J connectivity index is 1.66. The van der Waals surface area contributed by atoms with Crippen molar-refractivity contribution in [2.75, 3.05) is 5.32 Å². The van der Waals surface area contributed by atoms with E-state index in [1.54, 1.807) is 12.4 Å². The van der Waals surface area contributed by atoms with Crippen molar-refractivity contribution in [1.82, 2.24) is 9.97 Å². The Labute approximate surface area is 176 Å². The van der Waals surface area contributed by atoms with Crippen molar-refractivity contribution in [2.24, 2.45) is 0 Å². The monoisotopic (exact) mass is 427 g/mol. The molecule has 0 aliphatic carbocycles. The number of nitrogens with zero attached hydrogens (tertiary/aromatic N) is 2. The molecule has 4 rings (SSSR count). The van der Waals surface area contributed by atoms with Gasteiger partial charge in [0.25, 0.3) is 0 Å². The summed E-state index contributed by atoms with van der Waals surface area (Å²) in [5.74, 6) is 0.478. The molecule has 4 aromatic rings. The highest BCUT2D eigenvalue weighted by Gasteiger charge is 2.31. The molecule has 0 aliphatic heterocycles. The topological polar surface area (TPSA) is 37.8 Å². The first-order chi connectivity index (χ1) is 14.4. The largest absolute Gasteiger partial charge is 0.416 e. The van der Waals surface area contributed by atoms with Crippen LogP contribution >= 0.6 is 11.6 Å². The van der Waals surface area contributed by atoms with Gasteiger partial charge in [0.15, 0.2) is 0 Å². The van der Waals surface area contributed by atoms with Crippen LogP contribution in [0.5, 0.6) is 0 Å². The zero-order chi connectivity index (χ0) is 21.1.